The second-order valence-electron chi connectivity index (χ2n) is 5.81. The monoisotopic (exact) mass is 382 g/mol. The van der Waals surface area contributed by atoms with Crippen LogP contribution in [-0.2, 0) is 4.57 Å². The number of unbranched alkanes of at least 4 members (excludes halogenated alkanes) is 3. The predicted molar refractivity (Wildman–Crippen MR) is 88.3 cm³/mol. The highest BCUT2D eigenvalue weighted by Gasteiger charge is 2.47. The first-order chi connectivity index (χ1) is 11.5. The number of nitrogens with one attached hydrogen (secondary N) is 2. The summed E-state index contributed by atoms with van der Waals surface area (Å²) >= 11 is 0. The van der Waals surface area contributed by atoms with Crippen LogP contribution < -0.4 is 27.2 Å². The standard InChI is InChI=1S/C12H21F2N6O4P/c13-12(14,25(22,23)24)5-3-1-2-4-6-20-8-7(17-11(20)16)9(21)19-10(15)18-8/h11,17H,1-6,16H2,(H2,22,23,24)(H3,15,18,19,21). The number of nitrogens with two attached hydrogens (primary N) is 2. The Bertz CT molecular complexity index is 724. The van der Waals surface area contributed by atoms with Crippen LogP contribution in [0.3, 0.4) is 0 Å². The summed E-state index contributed by atoms with van der Waals surface area (Å²) in [6.07, 6.45) is -0.0185. The smallest absolute Gasteiger partial charge is 0.369 e. The molecular formula is C12H21F2N6O4P. The van der Waals surface area contributed by atoms with Crippen LogP contribution in [0.5, 0.6) is 0 Å². The summed E-state index contributed by atoms with van der Waals surface area (Å²) in [5.41, 5.74) is 7.21. The van der Waals surface area contributed by atoms with Crippen LogP contribution in [0, 0.1) is 0 Å². The van der Waals surface area contributed by atoms with Gasteiger partial charge >= 0.3 is 13.3 Å². The first-order valence-electron chi connectivity index (χ1n) is 7.65. The molecule has 0 amide bonds. The number of hydrogen-bond donors (Lipinski definition) is 6. The Balaban J connectivity index is 1.80. The van der Waals surface area contributed by atoms with E-state index in [9.17, 15) is 18.1 Å². The van der Waals surface area contributed by atoms with E-state index in [2.05, 4.69) is 15.3 Å². The summed E-state index contributed by atoms with van der Waals surface area (Å²) in [6, 6.07) is 0. The van der Waals surface area contributed by atoms with Gasteiger partial charge in [-0.3, -0.25) is 20.1 Å². The molecule has 1 atom stereocenters. The Hall–Kier alpha value is -1.75. The maximum absolute atomic E-state index is 13.1. The van der Waals surface area contributed by atoms with Crippen molar-refractivity contribution in [1.82, 2.24) is 9.97 Å². The van der Waals surface area contributed by atoms with Gasteiger partial charge in [-0.15, -0.1) is 0 Å². The summed E-state index contributed by atoms with van der Waals surface area (Å²) in [7, 11) is -5.41. The molecule has 0 spiro atoms. The van der Waals surface area contributed by atoms with Crippen molar-refractivity contribution in [3.63, 3.8) is 0 Å². The fourth-order valence-corrected chi connectivity index (χ4v) is 2.99. The molecule has 1 aliphatic rings. The molecule has 0 saturated carbocycles. The van der Waals surface area contributed by atoms with Crippen molar-refractivity contribution in [2.75, 3.05) is 22.5 Å². The first kappa shape index (κ1) is 19.6. The maximum atomic E-state index is 13.1. The first-order valence-corrected chi connectivity index (χ1v) is 9.26. The number of aromatic amines is 1. The van der Waals surface area contributed by atoms with Crippen molar-refractivity contribution in [1.29, 1.82) is 0 Å². The van der Waals surface area contributed by atoms with Gasteiger partial charge in [-0.05, 0) is 12.8 Å². The number of anilines is 3. The SMILES string of the molecule is Nc1nc2c(c(=O)[nH]1)NC(N)N2CCCCCCC(F)(F)P(=O)(O)O. The second-order valence-corrected chi connectivity index (χ2v) is 7.55. The maximum Gasteiger partial charge on any atom is 0.394 e. The topological polar surface area (TPSA) is 171 Å². The molecule has 1 unspecified atom stereocenters. The lowest BCUT2D eigenvalue weighted by Gasteiger charge is -2.22. The number of fused-ring (bicyclic) bond motifs is 1. The average molecular weight is 382 g/mol. The quantitative estimate of drug-likeness (QED) is 0.277. The molecule has 0 aromatic carbocycles. The molecule has 0 fully saturated rings. The average Bonchev–Trinajstić information content (AvgIpc) is 2.78. The molecule has 0 saturated heterocycles. The number of halogens is 2. The largest absolute Gasteiger partial charge is 0.394 e. The molecule has 1 aliphatic heterocycles. The lowest BCUT2D eigenvalue weighted by atomic mass is 10.1. The molecule has 2 rings (SSSR count). The summed E-state index contributed by atoms with van der Waals surface area (Å²) in [5.74, 6) is 0.297. The number of rotatable bonds is 8. The minimum Gasteiger partial charge on any atom is -0.369 e. The molecule has 1 aromatic rings. The Kier molecular flexibility index (Phi) is 5.67. The van der Waals surface area contributed by atoms with Gasteiger partial charge in [-0.1, -0.05) is 12.8 Å². The van der Waals surface area contributed by atoms with Crippen molar-refractivity contribution in [3.05, 3.63) is 10.4 Å². The third-order valence-electron chi connectivity index (χ3n) is 3.87. The molecule has 25 heavy (non-hydrogen) atoms. The number of alkyl halides is 2. The lowest BCUT2D eigenvalue weighted by Crippen LogP contribution is -2.43. The predicted octanol–water partition coefficient (Wildman–Crippen LogP) is 0.547. The van der Waals surface area contributed by atoms with E-state index in [1.165, 1.54) is 0 Å². The van der Waals surface area contributed by atoms with E-state index in [0.29, 0.717) is 31.6 Å². The minimum absolute atomic E-state index is 0.0101. The number of nitrogens with zero attached hydrogens (tertiary/aromatic N) is 2. The zero-order chi connectivity index (χ0) is 18.8. The highest BCUT2D eigenvalue weighted by molar-refractivity contribution is 7.53. The van der Waals surface area contributed by atoms with Crippen molar-refractivity contribution in [2.45, 2.75) is 44.1 Å². The van der Waals surface area contributed by atoms with Crippen LogP contribution in [0.4, 0.5) is 26.2 Å². The Morgan fingerprint density at radius 2 is 1.92 bits per heavy atom. The van der Waals surface area contributed by atoms with Crippen molar-refractivity contribution < 1.29 is 23.1 Å². The Morgan fingerprint density at radius 3 is 2.56 bits per heavy atom. The van der Waals surface area contributed by atoms with Crippen LogP contribution in [0.25, 0.3) is 0 Å². The summed E-state index contributed by atoms with van der Waals surface area (Å²) in [4.78, 5) is 36.9. The normalized spacial score (nSPS) is 17.5. The molecule has 142 valence electrons. The minimum atomic E-state index is -5.41. The van der Waals surface area contributed by atoms with Crippen LogP contribution >= 0.6 is 7.60 Å². The van der Waals surface area contributed by atoms with Crippen LogP contribution in [-0.4, -0.2) is 38.3 Å². The van der Waals surface area contributed by atoms with Crippen LogP contribution in [0.15, 0.2) is 4.79 Å². The van der Waals surface area contributed by atoms with Gasteiger partial charge in [0.1, 0.15) is 5.69 Å². The van der Waals surface area contributed by atoms with E-state index >= 15 is 0 Å². The highest BCUT2D eigenvalue weighted by Crippen LogP contribution is 2.55. The Morgan fingerprint density at radius 1 is 1.28 bits per heavy atom. The zero-order valence-electron chi connectivity index (χ0n) is 13.3. The molecule has 13 heteroatoms. The summed E-state index contributed by atoms with van der Waals surface area (Å²) < 4.78 is 36.9. The molecule has 2 heterocycles. The van der Waals surface area contributed by atoms with Gasteiger partial charge in [0.2, 0.25) is 5.95 Å². The second kappa shape index (κ2) is 7.24. The van der Waals surface area contributed by atoms with Gasteiger partial charge in [0.15, 0.2) is 12.1 Å². The van der Waals surface area contributed by atoms with Gasteiger partial charge < -0.3 is 25.7 Å². The van der Waals surface area contributed by atoms with E-state index in [-0.39, 0.29) is 18.1 Å². The molecule has 0 radical (unpaired) electrons. The van der Waals surface area contributed by atoms with E-state index in [1.807, 2.05) is 0 Å². The van der Waals surface area contributed by atoms with Crippen molar-refractivity contribution in [3.8, 4) is 0 Å². The third-order valence-corrected chi connectivity index (χ3v) is 4.95. The number of H-pyrrole nitrogens is 1. The van der Waals surface area contributed by atoms with E-state index in [1.54, 1.807) is 4.90 Å². The van der Waals surface area contributed by atoms with E-state index in [0.717, 1.165) is 0 Å². The molecular weight excluding hydrogens is 361 g/mol. The molecule has 1 aromatic heterocycles. The van der Waals surface area contributed by atoms with Gasteiger partial charge in [-0.25, -0.2) is 0 Å². The van der Waals surface area contributed by atoms with Gasteiger partial charge in [-0.2, -0.15) is 13.8 Å². The van der Waals surface area contributed by atoms with Crippen molar-refractivity contribution >= 4 is 25.0 Å². The highest BCUT2D eigenvalue weighted by atomic mass is 31.2. The third kappa shape index (κ3) is 4.46. The number of hydrogen-bond acceptors (Lipinski definition) is 7. The zero-order valence-corrected chi connectivity index (χ0v) is 14.2. The van der Waals surface area contributed by atoms with Crippen molar-refractivity contribution in [2.24, 2.45) is 5.73 Å². The Labute approximate surface area is 141 Å². The van der Waals surface area contributed by atoms with Gasteiger partial charge in [0, 0.05) is 13.0 Å². The molecule has 8 N–H and O–H groups in total. The summed E-state index contributed by atoms with van der Waals surface area (Å²) in [6.45, 7) is 0.423. The lowest BCUT2D eigenvalue weighted by molar-refractivity contribution is 0.0477. The van der Waals surface area contributed by atoms with E-state index in [4.69, 9.17) is 21.3 Å². The molecule has 10 nitrogen and oxygen atoms in total. The van der Waals surface area contributed by atoms with Crippen LogP contribution in [0.1, 0.15) is 32.1 Å². The fourth-order valence-electron chi connectivity index (χ4n) is 2.54. The van der Waals surface area contributed by atoms with Gasteiger partial charge in [0.25, 0.3) is 5.56 Å². The van der Waals surface area contributed by atoms with Crippen LogP contribution in [0.2, 0.25) is 0 Å². The molecule has 0 bridgehead atoms. The number of aromatic nitrogens is 2. The van der Waals surface area contributed by atoms with Gasteiger partial charge in [0.05, 0.1) is 0 Å². The number of nitrogen functional groups attached to an aromatic ring is 1. The van der Waals surface area contributed by atoms with E-state index < -0.39 is 31.5 Å². The fraction of sp³-hybridized carbons (Fsp3) is 0.667. The summed E-state index contributed by atoms with van der Waals surface area (Å²) in [5, 5.41) is 2.79. The molecule has 0 aliphatic carbocycles.